The van der Waals surface area contributed by atoms with Crippen LogP contribution in [0.4, 0.5) is 10.8 Å². The Kier molecular flexibility index (Phi) is 2.92. The van der Waals surface area contributed by atoms with E-state index in [4.69, 9.17) is 10.7 Å². The molecule has 4 heterocycles. The van der Waals surface area contributed by atoms with E-state index in [0.717, 1.165) is 39.1 Å². The highest BCUT2D eigenvalue weighted by Crippen LogP contribution is 2.40. The molecule has 1 atom stereocenters. The van der Waals surface area contributed by atoms with Crippen LogP contribution in [-0.4, -0.2) is 24.9 Å². The minimum atomic E-state index is -0.136. The molecule has 0 aromatic carbocycles. The maximum absolute atomic E-state index is 6.02. The first-order valence-corrected chi connectivity index (χ1v) is 8.77. The Labute approximate surface area is 142 Å². The van der Waals surface area contributed by atoms with Crippen LogP contribution in [0.3, 0.4) is 0 Å². The molecule has 7 nitrogen and oxygen atoms in total. The summed E-state index contributed by atoms with van der Waals surface area (Å²) in [5.41, 5.74) is 11.0. The van der Waals surface area contributed by atoms with Gasteiger partial charge in [-0.3, -0.25) is 4.40 Å². The molecule has 24 heavy (non-hydrogen) atoms. The SMILES string of the molecule is Cc1cc(Nc2nc(C3CC3)cn3c(C4=CN[C@H]4N)cnc23)sn1. The minimum Gasteiger partial charge on any atom is -0.372 e. The molecule has 0 unspecified atom stereocenters. The molecule has 5 rings (SSSR count). The standard InChI is InChI=1S/C16H17N7S/c1-8-4-13(24-22-8)21-15-16-19-6-12(10-5-18-14(10)17)23(16)7-11(20-15)9-2-3-9/h4-7,9,14,18H,2-3,17H2,1H3,(H,20,21)/t14-/m1/s1. The molecular formula is C16H17N7S. The second kappa shape index (κ2) is 5.02. The number of anilines is 2. The van der Waals surface area contributed by atoms with Crippen molar-refractivity contribution in [3.63, 3.8) is 0 Å². The second-order valence-corrected chi connectivity index (χ2v) is 7.13. The van der Waals surface area contributed by atoms with E-state index in [1.807, 2.05) is 25.4 Å². The fourth-order valence-corrected chi connectivity index (χ4v) is 3.58. The van der Waals surface area contributed by atoms with Crippen LogP contribution in [0, 0.1) is 6.92 Å². The molecule has 3 aromatic heterocycles. The summed E-state index contributed by atoms with van der Waals surface area (Å²) in [5.74, 6) is 1.33. The van der Waals surface area contributed by atoms with Crippen LogP contribution in [0.1, 0.15) is 35.8 Å². The van der Waals surface area contributed by atoms with Gasteiger partial charge in [-0.15, -0.1) is 0 Å². The fraction of sp³-hybridized carbons (Fsp3) is 0.312. The molecule has 1 aliphatic carbocycles. The number of fused-ring (bicyclic) bond motifs is 1. The Morgan fingerprint density at radius 3 is 2.92 bits per heavy atom. The summed E-state index contributed by atoms with van der Waals surface area (Å²) >= 11 is 1.43. The average molecular weight is 339 g/mol. The van der Waals surface area contributed by atoms with Crippen molar-refractivity contribution in [1.29, 1.82) is 0 Å². The maximum atomic E-state index is 6.02. The molecule has 8 heteroatoms. The largest absolute Gasteiger partial charge is 0.372 e. The van der Waals surface area contributed by atoms with Gasteiger partial charge in [-0.2, -0.15) is 4.37 Å². The lowest BCUT2D eigenvalue weighted by molar-refractivity contribution is 0.690. The first-order chi connectivity index (χ1) is 11.7. The number of nitrogens with one attached hydrogen (secondary N) is 2. The molecule has 122 valence electrons. The van der Waals surface area contributed by atoms with Gasteiger partial charge in [-0.05, 0) is 37.4 Å². The Hall–Kier alpha value is -2.45. The zero-order chi connectivity index (χ0) is 16.3. The van der Waals surface area contributed by atoms with E-state index in [2.05, 4.69) is 30.6 Å². The Bertz CT molecular complexity index is 966. The van der Waals surface area contributed by atoms with Gasteiger partial charge in [-0.1, -0.05) is 0 Å². The van der Waals surface area contributed by atoms with Crippen LogP contribution < -0.4 is 16.4 Å². The molecule has 0 radical (unpaired) electrons. The van der Waals surface area contributed by atoms with Gasteiger partial charge in [0, 0.05) is 23.9 Å². The Morgan fingerprint density at radius 1 is 1.42 bits per heavy atom. The highest BCUT2D eigenvalue weighted by molar-refractivity contribution is 7.10. The minimum absolute atomic E-state index is 0.136. The van der Waals surface area contributed by atoms with Crippen molar-refractivity contribution in [1.82, 2.24) is 24.1 Å². The first kappa shape index (κ1) is 13.9. The van der Waals surface area contributed by atoms with E-state index in [9.17, 15) is 0 Å². The van der Waals surface area contributed by atoms with E-state index in [1.54, 1.807) is 0 Å². The molecule has 4 N–H and O–H groups in total. The van der Waals surface area contributed by atoms with Crippen molar-refractivity contribution in [3.8, 4) is 0 Å². The summed E-state index contributed by atoms with van der Waals surface area (Å²) in [5, 5.41) is 7.41. The number of aryl methyl sites for hydroxylation is 1. The predicted octanol–water partition coefficient (Wildman–Crippen LogP) is 2.34. The van der Waals surface area contributed by atoms with Crippen LogP contribution in [0.15, 0.2) is 24.7 Å². The molecule has 1 aliphatic heterocycles. The predicted molar refractivity (Wildman–Crippen MR) is 94.2 cm³/mol. The number of nitrogens with two attached hydrogens (primary N) is 1. The van der Waals surface area contributed by atoms with Crippen molar-refractivity contribution in [2.24, 2.45) is 5.73 Å². The average Bonchev–Trinajstić information content (AvgIpc) is 3.22. The monoisotopic (exact) mass is 339 g/mol. The fourth-order valence-electron chi connectivity index (χ4n) is 2.92. The zero-order valence-electron chi connectivity index (χ0n) is 13.2. The highest BCUT2D eigenvalue weighted by atomic mass is 32.1. The zero-order valence-corrected chi connectivity index (χ0v) is 14.0. The molecule has 0 spiro atoms. The van der Waals surface area contributed by atoms with Crippen molar-refractivity contribution in [3.05, 3.63) is 41.7 Å². The van der Waals surface area contributed by atoms with Gasteiger partial charge >= 0.3 is 0 Å². The van der Waals surface area contributed by atoms with Crippen LogP contribution in [0.25, 0.3) is 11.2 Å². The molecule has 1 fully saturated rings. The summed E-state index contributed by atoms with van der Waals surface area (Å²) in [6, 6.07) is 2.02. The second-order valence-electron chi connectivity index (χ2n) is 6.33. The third-order valence-corrected chi connectivity index (χ3v) is 5.22. The van der Waals surface area contributed by atoms with Crippen molar-refractivity contribution < 1.29 is 0 Å². The van der Waals surface area contributed by atoms with E-state index < -0.39 is 0 Å². The summed E-state index contributed by atoms with van der Waals surface area (Å²) in [6.07, 6.45) is 8.16. The third-order valence-electron chi connectivity index (χ3n) is 4.43. The normalized spacial score (nSPS) is 19.8. The lowest BCUT2D eigenvalue weighted by atomic mass is 10.1. The smallest absolute Gasteiger partial charge is 0.180 e. The van der Waals surface area contributed by atoms with Crippen LogP contribution in [0.2, 0.25) is 0 Å². The van der Waals surface area contributed by atoms with Crippen LogP contribution in [0.5, 0.6) is 0 Å². The Morgan fingerprint density at radius 2 is 2.29 bits per heavy atom. The number of rotatable bonds is 4. The molecule has 2 aliphatic rings. The van der Waals surface area contributed by atoms with Crippen molar-refractivity contribution in [2.45, 2.75) is 31.8 Å². The van der Waals surface area contributed by atoms with Crippen molar-refractivity contribution in [2.75, 3.05) is 5.32 Å². The topological polar surface area (TPSA) is 93.2 Å². The van der Waals surface area contributed by atoms with E-state index in [1.165, 1.54) is 24.4 Å². The van der Waals surface area contributed by atoms with Crippen molar-refractivity contribution >= 4 is 33.6 Å². The lowest BCUT2D eigenvalue weighted by Gasteiger charge is -2.25. The lowest BCUT2D eigenvalue weighted by Crippen LogP contribution is -2.43. The number of hydrogen-bond acceptors (Lipinski definition) is 7. The molecule has 0 amide bonds. The molecular weight excluding hydrogens is 322 g/mol. The van der Waals surface area contributed by atoms with Gasteiger partial charge in [0.05, 0.1) is 23.3 Å². The quantitative estimate of drug-likeness (QED) is 0.675. The van der Waals surface area contributed by atoms with E-state index in [-0.39, 0.29) is 6.17 Å². The number of nitrogens with zero attached hydrogens (tertiary/aromatic N) is 4. The molecule has 1 saturated carbocycles. The molecule has 0 saturated heterocycles. The van der Waals surface area contributed by atoms with Gasteiger partial charge < -0.3 is 16.4 Å². The van der Waals surface area contributed by atoms with Gasteiger partial charge in [0.25, 0.3) is 0 Å². The van der Waals surface area contributed by atoms with Gasteiger partial charge in [0.2, 0.25) is 0 Å². The van der Waals surface area contributed by atoms with E-state index in [0.29, 0.717) is 5.92 Å². The Balaban J connectivity index is 1.65. The number of imidazole rings is 1. The highest BCUT2D eigenvalue weighted by Gasteiger charge is 2.28. The van der Waals surface area contributed by atoms with Gasteiger partial charge in [0.1, 0.15) is 11.2 Å². The molecule has 3 aromatic rings. The maximum Gasteiger partial charge on any atom is 0.180 e. The van der Waals surface area contributed by atoms with E-state index >= 15 is 0 Å². The van der Waals surface area contributed by atoms with Crippen LogP contribution >= 0.6 is 11.5 Å². The van der Waals surface area contributed by atoms with Gasteiger partial charge in [-0.25, -0.2) is 9.97 Å². The summed E-state index contributed by atoms with van der Waals surface area (Å²) < 4.78 is 6.42. The number of aromatic nitrogens is 4. The summed E-state index contributed by atoms with van der Waals surface area (Å²) in [7, 11) is 0. The summed E-state index contributed by atoms with van der Waals surface area (Å²) in [4.78, 5) is 9.40. The first-order valence-electron chi connectivity index (χ1n) is 7.99. The van der Waals surface area contributed by atoms with Gasteiger partial charge in [0.15, 0.2) is 11.5 Å². The van der Waals surface area contributed by atoms with Crippen LogP contribution in [-0.2, 0) is 0 Å². The number of hydrogen-bond donors (Lipinski definition) is 3. The third kappa shape index (κ3) is 2.18. The summed E-state index contributed by atoms with van der Waals surface area (Å²) in [6.45, 7) is 1.98. The molecule has 0 bridgehead atoms.